The Kier molecular flexibility index (Phi) is 18.1. The molecule has 0 N–H and O–H groups in total. The summed E-state index contributed by atoms with van der Waals surface area (Å²) in [6.07, 6.45) is -5.43. The van der Waals surface area contributed by atoms with Crippen LogP contribution in [-0.4, -0.2) is 87.8 Å². The van der Waals surface area contributed by atoms with Gasteiger partial charge < -0.3 is 47.4 Å². The van der Waals surface area contributed by atoms with Gasteiger partial charge in [-0.15, -0.1) is 6.58 Å². The Bertz CT molecular complexity index is 2680. The van der Waals surface area contributed by atoms with Crippen LogP contribution in [0.3, 0.4) is 0 Å². The highest BCUT2D eigenvalue weighted by molar-refractivity contribution is 5.88. The minimum absolute atomic E-state index is 0.0149. The quantitative estimate of drug-likeness (QED) is 0.0171. The third kappa shape index (κ3) is 13.2. The van der Waals surface area contributed by atoms with Crippen molar-refractivity contribution in [1.29, 1.82) is 0 Å². The lowest BCUT2D eigenvalue weighted by Crippen LogP contribution is -2.67. The Balaban J connectivity index is 1.09. The number of allylic oxidation sites excluding steroid dienone is 1. The van der Waals surface area contributed by atoms with Crippen LogP contribution in [0.15, 0.2) is 182 Å². The van der Waals surface area contributed by atoms with Crippen molar-refractivity contribution < 1.29 is 47.4 Å². The van der Waals surface area contributed by atoms with Gasteiger partial charge in [0.25, 0.3) is 0 Å². The fourth-order valence-electron chi connectivity index (χ4n) is 9.09. The molecule has 0 spiro atoms. The van der Waals surface area contributed by atoms with Crippen LogP contribution >= 0.6 is 0 Å². The van der Waals surface area contributed by atoms with Crippen LogP contribution in [0.25, 0.3) is 21.2 Å². The predicted molar refractivity (Wildman–Crippen MR) is 267 cm³/mol. The van der Waals surface area contributed by atoms with Gasteiger partial charge >= 0.3 is 0 Å². The summed E-state index contributed by atoms with van der Waals surface area (Å²) < 4.78 is 67.7. The number of unbranched alkanes of at least 4 members (excludes halogenated alkanes) is 1. The highest BCUT2D eigenvalue weighted by Crippen LogP contribution is 2.40. The first-order valence-electron chi connectivity index (χ1n) is 24.2. The van der Waals surface area contributed by atoms with E-state index in [1.807, 2.05) is 152 Å². The number of hydrogen-bond donors (Lipinski definition) is 0. The van der Waals surface area contributed by atoms with Gasteiger partial charge in [-0.1, -0.05) is 181 Å². The van der Waals surface area contributed by atoms with Gasteiger partial charge in [0.05, 0.1) is 39.6 Å². The number of hydrogen-bond acceptors (Lipinski definition) is 11. The van der Waals surface area contributed by atoms with Crippen LogP contribution in [0.2, 0.25) is 0 Å². The number of ether oxygens (including phenoxy) is 10. The maximum absolute atomic E-state index is 10.1. The van der Waals surface area contributed by atoms with Crippen LogP contribution < -0.4 is 0 Å². The topological polar surface area (TPSA) is 141 Å². The smallest absolute Gasteiger partial charge is 0.187 e. The molecular formula is C58H59N3O10. The zero-order valence-corrected chi connectivity index (χ0v) is 39.5. The Morgan fingerprint density at radius 3 is 2.00 bits per heavy atom. The van der Waals surface area contributed by atoms with E-state index in [1.54, 1.807) is 0 Å². The summed E-state index contributed by atoms with van der Waals surface area (Å²) in [5.74, 6) is 6.61. The number of benzene rings is 6. The molecule has 1 unspecified atom stereocenters. The van der Waals surface area contributed by atoms with Crippen molar-refractivity contribution in [3.05, 3.63) is 215 Å². The zero-order valence-electron chi connectivity index (χ0n) is 39.5. The third-order valence-electron chi connectivity index (χ3n) is 12.6. The highest BCUT2D eigenvalue weighted by Gasteiger charge is 2.55. The first-order valence-corrected chi connectivity index (χ1v) is 24.2. The van der Waals surface area contributed by atoms with E-state index in [0.29, 0.717) is 19.6 Å². The lowest BCUT2D eigenvalue weighted by atomic mass is 9.94. The maximum atomic E-state index is 10.1. The molecule has 3 saturated heterocycles. The molecule has 71 heavy (non-hydrogen) atoms. The molecular weight excluding hydrogens is 899 g/mol. The summed E-state index contributed by atoms with van der Waals surface area (Å²) >= 11 is 0. The van der Waals surface area contributed by atoms with Crippen molar-refractivity contribution in [2.24, 2.45) is 5.11 Å². The van der Waals surface area contributed by atoms with Crippen molar-refractivity contribution >= 4 is 10.8 Å². The molecule has 6 aromatic carbocycles. The predicted octanol–water partition coefficient (Wildman–Crippen LogP) is 10.6. The fraction of sp³-hybridized carbons (Fsp3) is 0.345. The van der Waals surface area contributed by atoms with Crippen LogP contribution in [0.1, 0.15) is 46.9 Å². The van der Waals surface area contributed by atoms with Gasteiger partial charge in [-0.25, -0.2) is 0 Å². The molecule has 3 fully saturated rings. The summed E-state index contributed by atoms with van der Waals surface area (Å²) in [4.78, 5) is 3.29. The van der Waals surface area contributed by atoms with Crippen LogP contribution in [0.5, 0.6) is 0 Å². The molecule has 366 valence electrons. The van der Waals surface area contributed by atoms with Crippen molar-refractivity contribution in [1.82, 2.24) is 0 Å². The Morgan fingerprint density at radius 2 is 1.30 bits per heavy atom. The molecule has 6 aromatic rings. The zero-order chi connectivity index (χ0) is 48.5. The standard InChI is InChI=1S/C58H59N3O10/c1-2-3-18-34-64-57-50(60-61-59)53(65-37-42-23-10-5-11-24-42)51(48(68-57)39-62-36-41-21-8-4-9-22-41)71-58-55(63-35-20-32-45-31-19-30-44-27-16-17-33-47(44)45)54(66-38-43-25-12-6-13-26-43)52-49(69-58)40-67-56(70-52)46-28-14-7-15-29-46/h2,4-17,19,21-31,33,48-58H,1,3,18,34-40H2/t48-,49-,50-,51-,52-,53-,54+,55+,56?,57-,58+/m1/s1. The SMILES string of the molecule is C=CCCCO[C@@H]1O[C@H](COCc2ccccc2)[C@@H](O[C@@H]2O[C@@H]3COC(c4ccccc4)O[C@H]3[C@H](OCc3ccccc3)[C@@H]2OCC#Cc2cccc3ccccc23)[C@H](OCc2ccccc2)[C@H]1N=[N+]=[N-]. The Hall–Kier alpha value is -6.21. The Morgan fingerprint density at radius 1 is 0.648 bits per heavy atom. The molecule has 3 heterocycles. The van der Waals surface area contributed by atoms with Crippen LogP contribution in [0.4, 0.5) is 0 Å². The molecule has 0 radical (unpaired) electrons. The normalized spacial score (nSPS) is 26.1. The summed E-state index contributed by atoms with van der Waals surface area (Å²) in [5, 5.41) is 6.41. The molecule has 0 amide bonds. The molecule has 3 aliphatic rings. The number of fused-ring (bicyclic) bond motifs is 2. The molecule has 3 aliphatic heterocycles. The van der Waals surface area contributed by atoms with Crippen molar-refractivity contribution in [3.8, 4) is 11.8 Å². The number of nitrogens with zero attached hydrogens (tertiary/aromatic N) is 3. The van der Waals surface area contributed by atoms with E-state index < -0.39 is 67.6 Å². The van der Waals surface area contributed by atoms with Gasteiger partial charge in [-0.3, -0.25) is 0 Å². The third-order valence-corrected chi connectivity index (χ3v) is 12.6. The molecule has 11 atom stereocenters. The van der Waals surface area contributed by atoms with Gasteiger partial charge in [0, 0.05) is 16.0 Å². The van der Waals surface area contributed by atoms with E-state index in [9.17, 15) is 5.53 Å². The second-order valence-electron chi connectivity index (χ2n) is 17.5. The summed E-state index contributed by atoms with van der Waals surface area (Å²) in [6, 6.07) is 52.5. The summed E-state index contributed by atoms with van der Waals surface area (Å²) in [6.45, 7) is 5.07. The van der Waals surface area contributed by atoms with E-state index in [0.717, 1.165) is 45.0 Å². The van der Waals surface area contributed by atoms with Crippen molar-refractivity contribution in [2.75, 3.05) is 26.4 Å². The summed E-state index contributed by atoms with van der Waals surface area (Å²) in [5.41, 5.74) is 14.7. The van der Waals surface area contributed by atoms with Crippen molar-refractivity contribution in [3.63, 3.8) is 0 Å². The summed E-state index contributed by atoms with van der Waals surface area (Å²) in [7, 11) is 0. The Labute approximate surface area is 415 Å². The van der Waals surface area contributed by atoms with Gasteiger partial charge in [0.2, 0.25) is 0 Å². The average molecular weight is 958 g/mol. The first-order chi connectivity index (χ1) is 35.1. The molecule has 0 aliphatic carbocycles. The van der Waals surface area contributed by atoms with Gasteiger partial charge in [-0.2, -0.15) is 0 Å². The second-order valence-corrected chi connectivity index (χ2v) is 17.5. The van der Waals surface area contributed by atoms with E-state index in [4.69, 9.17) is 47.4 Å². The number of rotatable bonds is 21. The lowest BCUT2D eigenvalue weighted by Gasteiger charge is -2.51. The molecule has 0 bridgehead atoms. The van der Waals surface area contributed by atoms with E-state index >= 15 is 0 Å². The number of azide groups is 1. The highest BCUT2D eigenvalue weighted by atomic mass is 16.8. The van der Waals surface area contributed by atoms with Crippen LogP contribution in [-0.2, 0) is 67.2 Å². The second kappa shape index (κ2) is 25.8. The largest absolute Gasteiger partial charge is 0.374 e. The average Bonchev–Trinajstić information content (AvgIpc) is 3.42. The van der Waals surface area contributed by atoms with E-state index in [2.05, 4.69) is 46.6 Å². The maximum Gasteiger partial charge on any atom is 0.187 e. The molecule has 9 rings (SSSR count). The molecule has 0 saturated carbocycles. The monoisotopic (exact) mass is 957 g/mol. The van der Waals surface area contributed by atoms with Gasteiger partial charge in [-0.05, 0) is 51.9 Å². The lowest BCUT2D eigenvalue weighted by molar-refractivity contribution is -0.389. The van der Waals surface area contributed by atoms with E-state index in [1.165, 1.54) is 0 Å². The molecule has 0 aromatic heterocycles. The molecule has 13 nitrogen and oxygen atoms in total. The van der Waals surface area contributed by atoms with Gasteiger partial charge in [0.15, 0.2) is 18.9 Å². The first kappa shape index (κ1) is 49.8. The van der Waals surface area contributed by atoms with Gasteiger partial charge in [0.1, 0.15) is 55.4 Å². The minimum atomic E-state index is -1.15. The van der Waals surface area contributed by atoms with Crippen LogP contribution in [0, 0.1) is 11.8 Å². The minimum Gasteiger partial charge on any atom is -0.374 e. The van der Waals surface area contributed by atoms with E-state index in [-0.39, 0.29) is 33.0 Å². The molecule has 13 heteroatoms. The fourth-order valence-corrected chi connectivity index (χ4v) is 9.09. The van der Waals surface area contributed by atoms with Crippen molar-refractivity contribution in [2.45, 2.75) is 100 Å².